The molecule has 0 saturated heterocycles. The topological polar surface area (TPSA) is 91.7 Å². The van der Waals surface area contributed by atoms with Crippen LogP contribution in [0.4, 0.5) is 17.6 Å². The van der Waals surface area contributed by atoms with Gasteiger partial charge in [0.05, 0.1) is 19.8 Å². The summed E-state index contributed by atoms with van der Waals surface area (Å²) in [5.41, 5.74) is 1.42. The SMILES string of the molecule is COC(=O)c1ccc(C(=O)NC2CCOc3cccnc32)n1C.Fc1ccccc1OC(F)(F)F. The summed E-state index contributed by atoms with van der Waals surface area (Å²) in [6.07, 6.45) is -2.53. The van der Waals surface area contributed by atoms with E-state index in [2.05, 4.69) is 19.8 Å². The molecule has 0 radical (unpaired) electrons. The molecule has 0 bridgehead atoms. The van der Waals surface area contributed by atoms with E-state index in [0.29, 0.717) is 30.2 Å². The molecule has 1 aliphatic heterocycles. The molecule has 1 aliphatic rings. The van der Waals surface area contributed by atoms with Crippen LogP contribution in [0.25, 0.3) is 0 Å². The lowest BCUT2D eigenvalue weighted by atomic mass is 10.1. The van der Waals surface area contributed by atoms with E-state index in [-0.39, 0.29) is 11.9 Å². The summed E-state index contributed by atoms with van der Waals surface area (Å²) < 4.78 is 62.2. The van der Waals surface area contributed by atoms with Gasteiger partial charge in [-0.25, -0.2) is 9.18 Å². The lowest BCUT2D eigenvalue weighted by Gasteiger charge is -2.25. The number of rotatable bonds is 4. The highest BCUT2D eigenvalue weighted by Gasteiger charge is 2.32. The molecule has 12 heteroatoms. The molecule has 0 saturated carbocycles. The number of ether oxygens (including phenoxy) is 3. The van der Waals surface area contributed by atoms with Crippen molar-refractivity contribution in [1.82, 2.24) is 14.9 Å². The largest absolute Gasteiger partial charge is 0.573 e. The monoisotopic (exact) mass is 495 g/mol. The Morgan fingerprint density at radius 3 is 2.51 bits per heavy atom. The highest BCUT2D eigenvalue weighted by Crippen LogP contribution is 2.30. The molecule has 0 aliphatic carbocycles. The summed E-state index contributed by atoms with van der Waals surface area (Å²) in [5.74, 6) is -1.92. The van der Waals surface area contributed by atoms with Crippen LogP contribution in [0, 0.1) is 5.82 Å². The standard InChI is InChI=1S/C16H17N3O4.C7H4F4O/c1-19-11(5-6-12(19)16(21)22-2)15(20)18-10-7-9-23-13-4-3-8-17-14(10)13;8-5-3-1-2-4-6(5)12-7(9,10)11/h3-6,8,10H,7,9H2,1-2H3,(H,18,20);1-4H. The van der Waals surface area contributed by atoms with Crippen LogP contribution in [0.5, 0.6) is 11.5 Å². The van der Waals surface area contributed by atoms with E-state index in [1.54, 1.807) is 31.4 Å². The minimum absolute atomic E-state index is 0.219. The highest BCUT2D eigenvalue weighted by atomic mass is 19.4. The first kappa shape index (κ1) is 25.5. The average Bonchev–Trinajstić information content (AvgIpc) is 3.21. The molecule has 186 valence electrons. The fraction of sp³-hybridized carbons (Fsp3) is 0.261. The Kier molecular flexibility index (Phi) is 7.94. The van der Waals surface area contributed by atoms with Crippen molar-refractivity contribution in [3.8, 4) is 11.5 Å². The van der Waals surface area contributed by atoms with Gasteiger partial charge in [0.15, 0.2) is 11.6 Å². The zero-order valence-corrected chi connectivity index (χ0v) is 18.6. The van der Waals surface area contributed by atoms with E-state index in [1.807, 2.05) is 6.07 Å². The molecule has 2 aromatic heterocycles. The van der Waals surface area contributed by atoms with E-state index >= 15 is 0 Å². The molecule has 35 heavy (non-hydrogen) atoms. The number of para-hydroxylation sites is 1. The van der Waals surface area contributed by atoms with Crippen LogP contribution in [0.15, 0.2) is 54.7 Å². The summed E-state index contributed by atoms with van der Waals surface area (Å²) in [6, 6.07) is 10.9. The fourth-order valence-electron chi connectivity index (χ4n) is 3.28. The van der Waals surface area contributed by atoms with Gasteiger partial charge in [-0.2, -0.15) is 0 Å². The third-order valence-corrected chi connectivity index (χ3v) is 4.91. The lowest BCUT2D eigenvalue weighted by Crippen LogP contribution is -2.34. The number of fused-ring (bicyclic) bond motifs is 1. The number of carbonyl (C=O) groups excluding carboxylic acids is 2. The molecule has 1 unspecified atom stereocenters. The number of pyridine rings is 1. The van der Waals surface area contributed by atoms with Gasteiger partial charge < -0.3 is 24.1 Å². The first-order valence-electron chi connectivity index (χ1n) is 10.2. The van der Waals surface area contributed by atoms with Gasteiger partial charge in [-0.15, -0.1) is 13.2 Å². The van der Waals surface area contributed by atoms with Crippen molar-refractivity contribution in [1.29, 1.82) is 0 Å². The lowest BCUT2D eigenvalue weighted by molar-refractivity contribution is -0.275. The van der Waals surface area contributed by atoms with E-state index in [0.717, 1.165) is 17.8 Å². The van der Waals surface area contributed by atoms with Crippen molar-refractivity contribution in [3.05, 3.63) is 77.6 Å². The smallest absolute Gasteiger partial charge is 0.491 e. The van der Waals surface area contributed by atoms with Crippen molar-refractivity contribution in [2.75, 3.05) is 13.7 Å². The van der Waals surface area contributed by atoms with E-state index < -0.39 is 23.9 Å². The van der Waals surface area contributed by atoms with Crippen LogP contribution >= 0.6 is 0 Å². The number of hydrogen-bond acceptors (Lipinski definition) is 6. The molecule has 4 rings (SSSR count). The first-order chi connectivity index (χ1) is 16.6. The summed E-state index contributed by atoms with van der Waals surface area (Å²) in [6.45, 7) is 0.518. The molecular weight excluding hydrogens is 474 g/mol. The van der Waals surface area contributed by atoms with Gasteiger partial charge >= 0.3 is 12.3 Å². The predicted molar refractivity (Wildman–Crippen MR) is 114 cm³/mol. The van der Waals surface area contributed by atoms with Gasteiger partial charge in [0, 0.05) is 19.7 Å². The maximum Gasteiger partial charge on any atom is 0.573 e. The van der Waals surface area contributed by atoms with Crippen molar-refractivity contribution in [2.45, 2.75) is 18.8 Å². The molecule has 1 N–H and O–H groups in total. The molecular formula is C23H21F4N3O5. The van der Waals surface area contributed by atoms with Crippen molar-refractivity contribution in [2.24, 2.45) is 7.05 Å². The van der Waals surface area contributed by atoms with Crippen molar-refractivity contribution >= 4 is 11.9 Å². The maximum absolute atomic E-state index is 12.5. The molecule has 0 spiro atoms. The van der Waals surface area contributed by atoms with Gasteiger partial charge in [0.1, 0.15) is 22.8 Å². The fourth-order valence-corrected chi connectivity index (χ4v) is 3.28. The summed E-state index contributed by atoms with van der Waals surface area (Å²) in [5, 5.41) is 2.95. The Labute approximate surface area is 197 Å². The van der Waals surface area contributed by atoms with E-state index in [9.17, 15) is 27.2 Å². The molecule has 3 aromatic rings. The first-order valence-corrected chi connectivity index (χ1v) is 10.2. The van der Waals surface area contributed by atoms with Gasteiger partial charge in [-0.05, 0) is 36.4 Å². The summed E-state index contributed by atoms with van der Waals surface area (Å²) in [7, 11) is 2.96. The van der Waals surface area contributed by atoms with Gasteiger partial charge in [-0.1, -0.05) is 12.1 Å². The molecule has 1 amide bonds. The number of alkyl halides is 3. The number of amides is 1. The van der Waals surface area contributed by atoms with E-state index in [4.69, 9.17) is 4.74 Å². The average molecular weight is 495 g/mol. The third-order valence-electron chi connectivity index (χ3n) is 4.91. The Morgan fingerprint density at radius 1 is 1.11 bits per heavy atom. The predicted octanol–water partition coefficient (Wildman–Crippen LogP) is 4.18. The van der Waals surface area contributed by atoms with Crippen molar-refractivity contribution in [3.63, 3.8) is 0 Å². The number of benzene rings is 1. The Hall–Kier alpha value is -4.09. The Morgan fingerprint density at radius 2 is 1.83 bits per heavy atom. The second kappa shape index (κ2) is 10.9. The number of esters is 1. The van der Waals surface area contributed by atoms with E-state index in [1.165, 1.54) is 23.8 Å². The van der Waals surface area contributed by atoms with Crippen molar-refractivity contribution < 1.29 is 41.4 Å². The van der Waals surface area contributed by atoms with Crippen LogP contribution in [-0.4, -0.2) is 41.5 Å². The second-order valence-electron chi connectivity index (χ2n) is 7.18. The molecule has 8 nitrogen and oxygen atoms in total. The third kappa shape index (κ3) is 6.49. The summed E-state index contributed by atoms with van der Waals surface area (Å²) >= 11 is 0. The highest BCUT2D eigenvalue weighted by molar-refractivity contribution is 5.96. The number of carbonyl (C=O) groups is 2. The van der Waals surface area contributed by atoms with Gasteiger partial charge in [0.2, 0.25) is 0 Å². The normalized spacial score (nSPS) is 14.5. The quantitative estimate of drug-likeness (QED) is 0.431. The van der Waals surface area contributed by atoms with Crippen LogP contribution in [0.1, 0.15) is 39.1 Å². The molecule has 1 aromatic carbocycles. The van der Waals surface area contributed by atoms with Gasteiger partial charge in [0.25, 0.3) is 5.91 Å². The Bertz CT molecular complexity index is 1200. The van der Waals surface area contributed by atoms with Gasteiger partial charge in [-0.3, -0.25) is 9.78 Å². The number of methoxy groups -OCH3 is 1. The van der Waals surface area contributed by atoms with Crippen LogP contribution in [0.3, 0.4) is 0 Å². The number of nitrogens with zero attached hydrogens (tertiary/aromatic N) is 2. The zero-order chi connectivity index (χ0) is 25.6. The minimum Gasteiger partial charge on any atom is -0.491 e. The Balaban J connectivity index is 0.000000241. The zero-order valence-electron chi connectivity index (χ0n) is 18.6. The number of hydrogen-bond donors (Lipinski definition) is 1. The molecule has 0 fully saturated rings. The second-order valence-corrected chi connectivity index (χ2v) is 7.18. The van der Waals surface area contributed by atoms with Crippen LogP contribution in [-0.2, 0) is 11.8 Å². The minimum atomic E-state index is -4.85. The molecule has 3 heterocycles. The summed E-state index contributed by atoms with van der Waals surface area (Å²) in [4.78, 5) is 28.4. The number of nitrogens with one attached hydrogen (secondary N) is 1. The number of halogens is 4. The number of aromatic nitrogens is 2. The molecule has 1 atom stereocenters. The maximum atomic E-state index is 12.5. The van der Waals surface area contributed by atoms with Crippen LogP contribution in [0.2, 0.25) is 0 Å². The van der Waals surface area contributed by atoms with Crippen LogP contribution < -0.4 is 14.8 Å².